The molecule has 0 saturated heterocycles. The van der Waals surface area contributed by atoms with Gasteiger partial charge < -0.3 is 14.6 Å². The third kappa shape index (κ3) is 2.43. The van der Waals surface area contributed by atoms with Crippen molar-refractivity contribution in [3.63, 3.8) is 0 Å². The Balaban J connectivity index is 1.99. The maximum Gasteiger partial charge on any atom is 0.175 e. The van der Waals surface area contributed by atoms with E-state index >= 15 is 0 Å². The van der Waals surface area contributed by atoms with Gasteiger partial charge in [0.2, 0.25) is 0 Å². The number of rotatable bonds is 2. The van der Waals surface area contributed by atoms with Gasteiger partial charge >= 0.3 is 0 Å². The SMILES string of the molecule is OC(c1cccnc1)c1cc(Br)c2c(c1)OCCO2. The van der Waals surface area contributed by atoms with Gasteiger partial charge in [-0.3, -0.25) is 4.98 Å². The summed E-state index contributed by atoms with van der Waals surface area (Å²) in [5, 5.41) is 10.4. The van der Waals surface area contributed by atoms with Gasteiger partial charge in [0.25, 0.3) is 0 Å². The van der Waals surface area contributed by atoms with Gasteiger partial charge in [-0.15, -0.1) is 0 Å². The van der Waals surface area contributed by atoms with Crippen LogP contribution in [0.5, 0.6) is 11.5 Å². The fraction of sp³-hybridized carbons (Fsp3) is 0.214. The number of nitrogens with zero attached hydrogens (tertiary/aromatic N) is 1. The Morgan fingerprint density at radius 1 is 1.21 bits per heavy atom. The zero-order chi connectivity index (χ0) is 13.2. The van der Waals surface area contributed by atoms with E-state index in [-0.39, 0.29) is 0 Å². The van der Waals surface area contributed by atoms with Gasteiger partial charge in [-0.05, 0) is 39.7 Å². The average molecular weight is 322 g/mol. The summed E-state index contributed by atoms with van der Waals surface area (Å²) in [6, 6.07) is 7.27. The van der Waals surface area contributed by atoms with Crippen LogP contribution in [0.1, 0.15) is 17.2 Å². The summed E-state index contributed by atoms with van der Waals surface area (Å²) in [6.07, 6.45) is 2.59. The zero-order valence-corrected chi connectivity index (χ0v) is 11.6. The van der Waals surface area contributed by atoms with Gasteiger partial charge in [0, 0.05) is 18.0 Å². The van der Waals surface area contributed by atoms with E-state index in [0.29, 0.717) is 24.7 Å². The number of aromatic nitrogens is 1. The van der Waals surface area contributed by atoms with Crippen molar-refractivity contribution in [1.82, 2.24) is 4.98 Å². The van der Waals surface area contributed by atoms with Crippen molar-refractivity contribution in [1.29, 1.82) is 0 Å². The standard InChI is InChI=1S/C14H12BrNO3/c15-11-6-10(7-12-14(11)19-5-4-18-12)13(17)9-2-1-3-16-8-9/h1-3,6-8,13,17H,4-5H2. The second kappa shape index (κ2) is 5.19. The fourth-order valence-electron chi connectivity index (χ4n) is 2.02. The number of pyridine rings is 1. The predicted octanol–water partition coefficient (Wildman–Crippen LogP) is 2.70. The molecule has 2 heterocycles. The second-order valence-corrected chi connectivity index (χ2v) is 5.07. The molecule has 0 aliphatic carbocycles. The van der Waals surface area contributed by atoms with Crippen LogP contribution in [0.15, 0.2) is 41.1 Å². The van der Waals surface area contributed by atoms with Crippen LogP contribution in [0.3, 0.4) is 0 Å². The molecule has 1 aliphatic heterocycles. The molecule has 1 aromatic heterocycles. The lowest BCUT2D eigenvalue weighted by atomic mass is 10.0. The summed E-state index contributed by atoms with van der Waals surface area (Å²) in [6.45, 7) is 1.06. The summed E-state index contributed by atoms with van der Waals surface area (Å²) < 4.78 is 11.9. The third-order valence-electron chi connectivity index (χ3n) is 2.94. The molecule has 1 atom stereocenters. The maximum atomic E-state index is 10.4. The molecular formula is C14H12BrNO3. The lowest BCUT2D eigenvalue weighted by molar-refractivity contribution is 0.168. The number of ether oxygens (including phenoxy) is 2. The number of aliphatic hydroxyl groups is 1. The van der Waals surface area contributed by atoms with E-state index in [1.54, 1.807) is 24.5 Å². The molecular weight excluding hydrogens is 310 g/mol. The minimum atomic E-state index is -0.735. The van der Waals surface area contributed by atoms with E-state index in [2.05, 4.69) is 20.9 Å². The molecule has 19 heavy (non-hydrogen) atoms. The first-order valence-electron chi connectivity index (χ1n) is 5.93. The van der Waals surface area contributed by atoms with E-state index in [1.807, 2.05) is 12.1 Å². The number of aliphatic hydroxyl groups excluding tert-OH is 1. The first-order chi connectivity index (χ1) is 9.25. The molecule has 0 radical (unpaired) electrons. The molecule has 1 aliphatic rings. The van der Waals surface area contributed by atoms with Crippen LogP contribution >= 0.6 is 15.9 Å². The largest absolute Gasteiger partial charge is 0.486 e. The highest BCUT2D eigenvalue weighted by Gasteiger charge is 2.20. The van der Waals surface area contributed by atoms with Crippen LogP contribution in [0.4, 0.5) is 0 Å². The summed E-state index contributed by atoms with van der Waals surface area (Å²) in [5.41, 5.74) is 1.48. The summed E-state index contributed by atoms with van der Waals surface area (Å²) >= 11 is 3.44. The molecule has 2 aromatic rings. The van der Waals surface area contributed by atoms with Crippen LogP contribution in [-0.2, 0) is 0 Å². The Hall–Kier alpha value is -1.59. The smallest absolute Gasteiger partial charge is 0.175 e. The predicted molar refractivity (Wildman–Crippen MR) is 73.4 cm³/mol. The molecule has 3 rings (SSSR count). The molecule has 4 nitrogen and oxygen atoms in total. The van der Waals surface area contributed by atoms with E-state index in [1.165, 1.54) is 0 Å². The normalized spacial score (nSPS) is 15.1. The van der Waals surface area contributed by atoms with Gasteiger partial charge in [-0.25, -0.2) is 0 Å². The zero-order valence-electron chi connectivity index (χ0n) is 10.0. The molecule has 5 heteroatoms. The number of benzene rings is 1. The van der Waals surface area contributed by atoms with Crippen molar-refractivity contribution < 1.29 is 14.6 Å². The third-order valence-corrected chi connectivity index (χ3v) is 3.52. The van der Waals surface area contributed by atoms with Crippen LogP contribution < -0.4 is 9.47 Å². The van der Waals surface area contributed by atoms with Crippen molar-refractivity contribution in [2.75, 3.05) is 13.2 Å². The minimum absolute atomic E-state index is 0.520. The topological polar surface area (TPSA) is 51.6 Å². The fourth-order valence-corrected chi connectivity index (χ4v) is 2.59. The molecule has 0 amide bonds. The molecule has 1 N–H and O–H groups in total. The molecule has 0 fully saturated rings. The van der Waals surface area contributed by atoms with Crippen molar-refractivity contribution in [3.05, 3.63) is 52.3 Å². The van der Waals surface area contributed by atoms with Crippen molar-refractivity contribution >= 4 is 15.9 Å². The Kier molecular flexibility index (Phi) is 3.40. The van der Waals surface area contributed by atoms with Crippen LogP contribution in [0.25, 0.3) is 0 Å². The van der Waals surface area contributed by atoms with Crippen molar-refractivity contribution in [2.45, 2.75) is 6.10 Å². The van der Waals surface area contributed by atoms with E-state index in [4.69, 9.17) is 9.47 Å². The Labute approximate surface area is 119 Å². The lowest BCUT2D eigenvalue weighted by Crippen LogP contribution is -2.16. The van der Waals surface area contributed by atoms with Gasteiger partial charge in [0.1, 0.15) is 19.3 Å². The number of hydrogen-bond acceptors (Lipinski definition) is 4. The van der Waals surface area contributed by atoms with E-state index in [9.17, 15) is 5.11 Å². The summed E-state index contributed by atoms with van der Waals surface area (Å²) in [5.74, 6) is 1.34. The summed E-state index contributed by atoms with van der Waals surface area (Å²) in [4.78, 5) is 4.01. The number of halogens is 1. The molecule has 0 bridgehead atoms. The molecule has 0 saturated carbocycles. The first-order valence-corrected chi connectivity index (χ1v) is 6.72. The van der Waals surface area contributed by atoms with E-state index < -0.39 is 6.10 Å². The monoisotopic (exact) mass is 321 g/mol. The van der Waals surface area contributed by atoms with Crippen LogP contribution in [-0.4, -0.2) is 23.3 Å². The van der Waals surface area contributed by atoms with Gasteiger partial charge in [0.15, 0.2) is 11.5 Å². The number of fused-ring (bicyclic) bond motifs is 1. The van der Waals surface area contributed by atoms with Gasteiger partial charge in [0.05, 0.1) is 4.47 Å². The Bertz CT molecular complexity index is 589. The van der Waals surface area contributed by atoms with Gasteiger partial charge in [-0.2, -0.15) is 0 Å². The number of hydrogen-bond donors (Lipinski definition) is 1. The highest BCUT2D eigenvalue weighted by atomic mass is 79.9. The molecule has 1 unspecified atom stereocenters. The van der Waals surface area contributed by atoms with E-state index in [0.717, 1.165) is 15.6 Å². The highest BCUT2D eigenvalue weighted by molar-refractivity contribution is 9.10. The highest BCUT2D eigenvalue weighted by Crippen LogP contribution is 2.40. The maximum absolute atomic E-state index is 10.4. The van der Waals surface area contributed by atoms with Gasteiger partial charge in [-0.1, -0.05) is 6.07 Å². The van der Waals surface area contributed by atoms with Crippen molar-refractivity contribution in [2.24, 2.45) is 0 Å². The molecule has 1 aromatic carbocycles. The van der Waals surface area contributed by atoms with Crippen molar-refractivity contribution in [3.8, 4) is 11.5 Å². The molecule has 98 valence electrons. The molecule has 0 spiro atoms. The average Bonchev–Trinajstić information content (AvgIpc) is 2.47. The van der Waals surface area contributed by atoms with Crippen LogP contribution in [0, 0.1) is 0 Å². The Morgan fingerprint density at radius 2 is 2.05 bits per heavy atom. The quantitative estimate of drug-likeness (QED) is 0.924. The minimum Gasteiger partial charge on any atom is -0.486 e. The lowest BCUT2D eigenvalue weighted by Gasteiger charge is -2.21. The van der Waals surface area contributed by atoms with Crippen LogP contribution in [0.2, 0.25) is 0 Å². The summed E-state index contributed by atoms with van der Waals surface area (Å²) in [7, 11) is 0. The first kappa shape index (κ1) is 12.4. The second-order valence-electron chi connectivity index (χ2n) is 4.22. The Morgan fingerprint density at radius 3 is 2.84 bits per heavy atom.